The Hall–Kier alpha value is -0.850. The number of unbranched alkanes of at least 4 members (excludes halogenated alkanes) is 1. The number of hydrogen-bond acceptors (Lipinski definition) is 4. The van der Waals surface area contributed by atoms with E-state index in [2.05, 4.69) is 48.3 Å². The highest BCUT2D eigenvalue weighted by molar-refractivity contribution is 5.79. The zero-order valence-electron chi connectivity index (χ0n) is 15.6. The molecule has 0 aliphatic carbocycles. The molecule has 0 radical (unpaired) electrons. The van der Waals surface area contributed by atoms with Crippen LogP contribution in [0.3, 0.4) is 0 Å². The molecular formula is C17H37N5O. The Bertz CT molecular complexity index is 318. The van der Waals surface area contributed by atoms with Crippen LogP contribution in [0.15, 0.2) is 4.99 Å². The fraction of sp³-hybridized carbons (Fsp3) is 0.941. The SMILES string of the molecule is CCCCN(C)CCNC(=NCC(C)N1CCOCC1)NCC. The Morgan fingerprint density at radius 2 is 1.96 bits per heavy atom. The number of rotatable bonds is 10. The maximum absolute atomic E-state index is 5.41. The quantitative estimate of drug-likeness (QED) is 0.463. The zero-order valence-corrected chi connectivity index (χ0v) is 15.6. The second-order valence-corrected chi connectivity index (χ2v) is 6.30. The maximum atomic E-state index is 5.41. The van der Waals surface area contributed by atoms with E-state index in [1.165, 1.54) is 19.4 Å². The first-order chi connectivity index (χ1) is 11.2. The van der Waals surface area contributed by atoms with Crippen molar-refractivity contribution >= 4 is 5.96 Å². The lowest BCUT2D eigenvalue weighted by Crippen LogP contribution is -2.45. The molecule has 1 atom stereocenters. The molecule has 1 fully saturated rings. The highest BCUT2D eigenvalue weighted by Gasteiger charge is 2.16. The van der Waals surface area contributed by atoms with E-state index in [-0.39, 0.29) is 0 Å². The van der Waals surface area contributed by atoms with E-state index >= 15 is 0 Å². The summed E-state index contributed by atoms with van der Waals surface area (Å²) in [5.41, 5.74) is 0. The van der Waals surface area contributed by atoms with E-state index in [4.69, 9.17) is 9.73 Å². The van der Waals surface area contributed by atoms with E-state index in [1.54, 1.807) is 0 Å². The molecule has 2 N–H and O–H groups in total. The van der Waals surface area contributed by atoms with Crippen molar-refractivity contribution in [1.29, 1.82) is 0 Å². The van der Waals surface area contributed by atoms with Crippen molar-refractivity contribution in [2.75, 3.05) is 66.1 Å². The van der Waals surface area contributed by atoms with Crippen LogP contribution in [0.25, 0.3) is 0 Å². The van der Waals surface area contributed by atoms with Gasteiger partial charge in [-0.25, -0.2) is 0 Å². The van der Waals surface area contributed by atoms with Crippen LogP contribution >= 0.6 is 0 Å². The smallest absolute Gasteiger partial charge is 0.191 e. The highest BCUT2D eigenvalue weighted by Crippen LogP contribution is 2.03. The van der Waals surface area contributed by atoms with Gasteiger partial charge in [0.15, 0.2) is 5.96 Å². The highest BCUT2D eigenvalue weighted by atomic mass is 16.5. The number of likely N-dealkylation sites (N-methyl/N-ethyl adjacent to an activating group) is 1. The summed E-state index contributed by atoms with van der Waals surface area (Å²) in [6, 6.07) is 0.460. The standard InChI is InChI=1S/C17H37N5O/c1-5-7-9-21(4)10-8-19-17(18-6-2)20-15-16(3)22-11-13-23-14-12-22/h16H,5-15H2,1-4H3,(H2,18,19,20). The van der Waals surface area contributed by atoms with Crippen LogP contribution in [0.4, 0.5) is 0 Å². The van der Waals surface area contributed by atoms with E-state index in [0.717, 1.165) is 58.4 Å². The zero-order chi connectivity index (χ0) is 16.9. The molecule has 1 unspecified atom stereocenters. The predicted molar refractivity (Wildman–Crippen MR) is 98.2 cm³/mol. The number of morpholine rings is 1. The molecule has 23 heavy (non-hydrogen) atoms. The van der Waals surface area contributed by atoms with Crippen molar-refractivity contribution in [1.82, 2.24) is 20.4 Å². The minimum Gasteiger partial charge on any atom is -0.379 e. The van der Waals surface area contributed by atoms with Crippen molar-refractivity contribution in [3.8, 4) is 0 Å². The van der Waals surface area contributed by atoms with Crippen molar-refractivity contribution in [3.63, 3.8) is 0 Å². The number of hydrogen-bond donors (Lipinski definition) is 2. The Labute approximate surface area is 142 Å². The second kappa shape index (κ2) is 12.6. The van der Waals surface area contributed by atoms with Gasteiger partial charge in [0.2, 0.25) is 0 Å². The van der Waals surface area contributed by atoms with Gasteiger partial charge in [-0.05, 0) is 33.9 Å². The average Bonchev–Trinajstić information content (AvgIpc) is 2.58. The van der Waals surface area contributed by atoms with Gasteiger partial charge in [0.25, 0.3) is 0 Å². The first-order valence-corrected chi connectivity index (χ1v) is 9.19. The molecule has 0 saturated carbocycles. The number of guanidine groups is 1. The molecule has 136 valence electrons. The molecule has 0 aromatic rings. The number of nitrogens with one attached hydrogen (secondary N) is 2. The Kier molecular flexibility index (Phi) is 11.0. The fourth-order valence-corrected chi connectivity index (χ4v) is 2.60. The van der Waals surface area contributed by atoms with E-state index in [0.29, 0.717) is 6.04 Å². The minimum atomic E-state index is 0.460. The summed E-state index contributed by atoms with van der Waals surface area (Å²) in [6.07, 6.45) is 2.52. The van der Waals surface area contributed by atoms with Crippen LogP contribution in [-0.2, 0) is 4.74 Å². The Morgan fingerprint density at radius 1 is 1.22 bits per heavy atom. The second-order valence-electron chi connectivity index (χ2n) is 6.30. The number of nitrogens with zero attached hydrogens (tertiary/aromatic N) is 3. The normalized spacial score (nSPS) is 18.2. The molecule has 0 amide bonds. The van der Waals surface area contributed by atoms with Gasteiger partial charge in [-0.2, -0.15) is 0 Å². The lowest BCUT2D eigenvalue weighted by atomic mass is 10.2. The Morgan fingerprint density at radius 3 is 2.61 bits per heavy atom. The predicted octanol–water partition coefficient (Wildman–Crippen LogP) is 0.994. The molecule has 0 bridgehead atoms. The molecule has 0 aromatic carbocycles. The Balaban J connectivity index is 2.31. The van der Waals surface area contributed by atoms with Crippen molar-refractivity contribution in [3.05, 3.63) is 0 Å². The van der Waals surface area contributed by atoms with E-state index < -0.39 is 0 Å². The van der Waals surface area contributed by atoms with Gasteiger partial charge in [-0.1, -0.05) is 13.3 Å². The van der Waals surface area contributed by atoms with Crippen LogP contribution in [0.1, 0.15) is 33.6 Å². The first kappa shape index (κ1) is 20.2. The average molecular weight is 328 g/mol. The first-order valence-electron chi connectivity index (χ1n) is 9.19. The number of aliphatic imine (C=N–C) groups is 1. The molecule has 6 nitrogen and oxygen atoms in total. The molecule has 1 rings (SSSR count). The third-order valence-corrected chi connectivity index (χ3v) is 4.21. The third kappa shape index (κ3) is 9.13. The minimum absolute atomic E-state index is 0.460. The third-order valence-electron chi connectivity index (χ3n) is 4.21. The molecule has 0 spiro atoms. The van der Waals surface area contributed by atoms with Crippen LogP contribution in [0.2, 0.25) is 0 Å². The summed E-state index contributed by atoms with van der Waals surface area (Å²) in [7, 11) is 2.18. The van der Waals surface area contributed by atoms with Gasteiger partial charge in [0, 0.05) is 38.8 Å². The van der Waals surface area contributed by atoms with E-state index in [1.807, 2.05) is 0 Å². The molecule has 1 aliphatic rings. The molecule has 6 heteroatoms. The molecule has 1 aliphatic heterocycles. The van der Waals surface area contributed by atoms with Gasteiger partial charge in [-0.15, -0.1) is 0 Å². The molecular weight excluding hydrogens is 290 g/mol. The lowest BCUT2D eigenvalue weighted by molar-refractivity contribution is 0.0220. The van der Waals surface area contributed by atoms with Gasteiger partial charge < -0.3 is 20.3 Å². The van der Waals surface area contributed by atoms with Gasteiger partial charge in [0.1, 0.15) is 0 Å². The molecule has 1 heterocycles. The number of ether oxygens (including phenoxy) is 1. The summed E-state index contributed by atoms with van der Waals surface area (Å²) in [4.78, 5) is 9.57. The summed E-state index contributed by atoms with van der Waals surface area (Å²) in [5, 5.41) is 6.78. The summed E-state index contributed by atoms with van der Waals surface area (Å²) >= 11 is 0. The van der Waals surface area contributed by atoms with Gasteiger partial charge >= 0.3 is 0 Å². The van der Waals surface area contributed by atoms with Crippen molar-refractivity contribution in [2.24, 2.45) is 4.99 Å². The van der Waals surface area contributed by atoms with Gasteiger partial charge in [-0.3, -0.25) is 9.89 Å². The van der Waals surface area contributed by atoms with Crippen molar-refractivity contribution in [2.45, 2.75) is 39.7 Å². The topological polar surface area (TPSA) is 52.1 Å². The van der Waals surface area contributed by atoms with Gasteiger partial charge in [0.05, 0.1) is 19.8 Å². The fourth-order valence-electron chi connectivity index (χ4n) is 2.60. The molecule has 0 aromatic heterocycles. The van der Waals surface area contributed by atoms with Crippen LogP contribution in [0, 0.1) is 0 Å². The largest absolute Gasteiger partial charge is 0.379 e. The molecule has 1 saturated heterocycles. The summed E-state index contributed by atoms with van der Waals surface area (Å²) in [5.74, 6) is 0.927. The van der Waals surface area contributed by atoms with Crippen molar-refractivity contribution < 1.29 is 4.74 Å². The van der Waals surface area contributed by atoms with E-state index in [9.17, 15) is 0 Å². The van der Waals surface area contributed by atoms with Crippen LogP contribution < -0.4 is 10.6 Å². The summed E-state index contributed by atoms with van der Waals surface area (Å²) in [6.45, 7) is 15.2. The van der Waals surface area contributed by atoms with Crippen LogP contribution in [0.5, 0.6) is 0 Å². The lowest BCUT2D eigenvalue weighted by Gasteiger charge is -2.31. The summed E-state index contributed by atoms with van der Waals surface area (Å²) < 4.78 is 5.41. The maximum Gasteiger partial charge on any atom is 0.191 e. The van der Waals surface area contributed by atoms with Crippen LogP contribution in [-0.4, -0.2) is 87.9 Å². The monoisotopic (exact) mass is 327 g/mol.